The molecule has 0 fully saturated rings. The number of pyridine rings is 1. The van der Waals surface area contributed by atoms with Gasteiger partial charge in [-0.05, 0) is 126 Å². The van der Waals surface area contributed by atoms with Gasteiger partial charge in [-0.15, -0.1) is 0 Å². The van der Waals surface area contributed by atoms with Crippen LogP contribution in [-0.2, 0) is 13.0 Å². The van der Waals surface area contributed by atoms with Crippen LogP contribution in [0, 0.1) is 0 Å². The molecule has 0 N–H and O–H groups in total. The van der Waals surface area contributed by atoms with Crippen molar-refractivity contribution in [2.45, 2.75) is 19.4 Å². The van der Waals surface area contributed by atoms with Crippen molar-refractivity contribution in [2.24, 2.45) is 0 Å². The van der Waals surface area contributed by atoms with E-state index >= 15 is 0 Å². The number of benzene rings is 6. The molecule has 0 unspecified atom stereocenters. The van der Waals surface area contributed by atoms with Crippen molar-refractivity contribution in [1.82, 2.24) is 18.7 Å². The molecule has 1 aliphatic rings. The maximum Gasteiger partial charge on any atom is 0.135 e. The van der Waals surface area contributed by atoms with Gasteiger partial charge in [0.15, 0.2) is 0 Å². The van der Waals surface area contributed by atoms with Crippen LogP contribution >= 0.6 is 0 Å². The van der Waals surface area contributed by atoms with E-state index in [9.17, 15) is 0 Å². The molecule has 0 atom stereocenters. The first-order valence-corrected chi connectivity index (χ1v) is 19.7. The molecule has 5 aromatic heterocycles. The van der Waals surface area contributed by atoms with E-state index in [1.54, 1.807) is 0 Å². The molecule has 5 nitrogen and oxygen atoms in total. The van der Waals surface area contributed by atoms with Gasteiger partial charge in [0.25, 0.3) is 0 Å². The molecular weight excluding hydrogens is 697 g/mol. The van der Waals surface area contributed by atoms with E-state index in [0.29, 0.717) is 0 Å². The zero-order valence-electron chi connectivity index (χ0n) is 31.1. The first-order valence-electron chi connectivity index (χ1n) is 19.7. The summed E-state index contributed by atoms with van der Waals surface area (Å²) in [5.41, 5.74) is 17.1. The number of nitrogens with zero attached hydrogens (tertiary/aromatic N) is 4. The number of aromatic nitrogens is 4. The SMILES string of the molecule is c1ccc(-c2ccc3n2CCCc2cc(-c4ccccn4)n(-c4ccc5oc6ccc(-c7ccc8c(c7)c7ccccc7n8-c7ccccc7)cc6c5c4)c2-3)cc1. The number of para-hydroxylation sites is 2. The van der Waals surface area contributed by atoms with Crippen LogP contribution in [0.4, 0.5) is 0 Å². The summed E-state index contributed by atoms with van der Waals surface area (Å²) < 4.78 is 13.8. The standard InChI is InChI=1S/C52H36N4O/c1-3-12-34(13-4-1)45-24-25-48-52-37(14-11-29-54(45)48)32-49(44-18-9-10-28-53-44)56(52)39-22-27-51-43(33-39)42-31-36(21-26-50(42)57-51)35-20-23-47-41(30-35)40-17-7-8-19-46(40)55(47)38-15-5-2-6-16-38/h1-10,12-13,15-28,30-33H,11,14,29H2. The largest absolute Gasteiger partial charge is 0.456 e. The number of hydrogen-bond acceptors (Lipinski definition) is 2. The first-order chi connectivity index (χ1) is 28.3. The van der Waals surface area contributed by atoms with Gasteiger partial charge in [0.2, 0.25) is 0 Å². The first kappa shape index (κ1) is 31.9. The Morgan fingerprint density at radius 1 is 0.456 bits per heavy atom. The lowest BCUT2D eigenvalue weighted by atomic mass is 10.0. The molecule has 270 valence electrons. The van der Waals surface area contributed by atoms with Gasteiger partial charge in [0.05, 0.1) is 33.8 Å². The van der Waals surface area contributed by atoms with Crippen LogP contribution in [-0.4, -0.2) is 18.7 Å². The monoisotopic (exact) mass is 732 g/mol. The smallest absolute Gasteiger partial charge is 0.135 e. The minimum Gasteiger partial charge on any atom is -0.456 e. The lowest BCUT2D eigenvalue weighted by molar-refractivity contribution is 0.668. The molecule has 5 heteroatoms. The summed E-state index contributed by atoms with van der Waals surface area (Å²) in [5, 5.41) is 4.68. The Kier molecular flexibility index (Phi) is 7.05. The molecule has 0 bridgehead atoms. The molecule has 1 aliphatic heterocycles. The minimum atomic E-state index is 0.875. The molecule has 0 radical (unpaired) electrons. The molecular formula is C52H36N4O. The van der Waals surface area contributed by atoms with Gasteiger partial charge in [-0.2, -0.15) is 0 Å². The molecule has 0 amide bonds. The normalized spacial score (nSPS) is 12.7. The van der Waals surface area contributed by atoms with Crippen LogP contribution in [0.15, 0.2) is 187 Å². The summed E-state index contributed by atoms with van der Waals surface area (Å²) in [5.74, 6) is 0. The highest BCUT2D eigenvalue weighted by Gasteiger charge is 2.26. The molecule has 11 aromatic rings. The van der Waals surface area contributed by atoms with Crippen LogP contribution in [0.5, 0.6) is 0 Å². The average Bonchev–Trinajstić information content (AvgIpc) is 4.02. The van der Waals surface area contributed by atoms with Crippen LogP contribution in [0.1, 0.15) is 12.0 Å². The highest BCUT2D eigenvalue weighted by Crippen LogP contribution is 2.42. The fourth-order valence-corrected chi connectivity index (χ4v) is 9.30. The third-order valence-electron chi connectivity index (χ3n) is 11.9. The molecule has 0 spiro atoms. The van der Waals surface area contributed by atoms with E-state index in [1.807, 2.05) is 12.3 Å². The van der Waals surface area contributed by atoms with Crippen molar-refractivity contribution in [2.75, 3.05) is 0 Å². The maximum atomic E-state index is 6.52. The number of hydrogen-bond donors (Lipinski definition) is 0. The molecule has 6 heterocycles. The van der Waals surface area contributed by atoms with E-state index in [4.69, 9.17) is 9.40 Å². The van der Waals surface area contributed by atoms with Crippen molar-refractivity contribution < 1.29 is 4.42 Å². The van der Waals surface area contributed by atoms with E-state index in [0.717, 1.165) is 69.7 Å². The average molecular weight is 733 g/mol. The van der Waals surface area contributed by atoms with Gasteiger partial charge in [-0.3, -0.25) is 4.98 Å². The predicted octanol–water partition coefficient (Wildman–Crippen LogP) is 13.3. The van der Waals surface area contributed by atoms with Crippen LogP contribution < -0.4 is 0 Å². The van der Waals surface area contributed by atoms with Gasteiger partial charge < -0.3 is 18.1 Å². The highest BCUT2D eigenvalue weighted by atomic mass is 16.3. The number of aryl methyl sites for hydroxylation is 1. The van der Waals surface area contributed by atoms with Crippen molar-refractivity contribution in [3.63, 3.8) is 0 Å². The zero-order valence-corrected chi connectivity index (χ0v) is 31.1. The Hall–Kier alpha value is -7.37. The maximum absolute atomic E-state index is 6.52. The quantitative estimate of drug-likeness (QED) is 0.177. The molecule has 0 aliphatic carbocycles. The van der Waals surface area contributed by atoms with Crippen LogP contribution in [0.25, 0.3) is 100 Å². The van der Waals surface area contributed by atoms with Crippen molar-refractivity contribution in [3.8, 4) is 56.5 Å². The van der Waals surface area contributed by atoms with Gasteiger partial charge in [0.1, 0.15) is 11.2 Å². The summed E-state index contributed by atoms with van der Waals surface area (Å²) in [6.45, 7) is 0.965. The van der Waals surface area contributed by atoms with E-state index < -0.39 is 0 Å². The van der Waals surface area contributed by atoms with Crippen molar-refractivity contribution in [1.29, 1.82) is 0 Å². The van der Waals surface area contributed by atoms with E-state index in [1.165, 1.54) is 55.6 Å². The number of furan rings is 1. The zero-order chi connectivity index (χ0) is 37.5. The van der Waals surface area contributed by atoms with Crippen LogP contribution in [0.2, 0.25) is 0 Å². The van der Waals surface area contributed by atoms with Crippen molar-refractivity contribution in [3.05, 3.63) is 188 Å². The molecule has 0 saturated heterocycles. The Bertz CT molecular complexity index is 3310. The predicted molar refractivity (Wildman–Crippen MR) is 233 cm³/mol. The summed E-state index contributed by atoms with van der Waals surface area (Å²) in [7, 11) is 0. The molecule has 6 aromatic carbocycles. The minimum absolute atomic E-state index is 0.875. The Labute approximate surface area is 329 Å². The second-order valence-corrected chi connectivity index (χ2v) is 15.1. The Morgan fingerprint density at radius 2 is 1.16 bits per heavy atom. The lowest BCUT2D eigenvalue weighted by Crippen LogP contribution is -2.05. The fraction of sp³-hybridized carbons (Fsp3) is 0.0577. The summed E-state index contributed by atoms with van der Waals surface area (Å²) in [6.07, 6.45) is 3.94. The Morgan fingerprint density at radius 3 is 2.00 bits per heavy atom. The summed E-state index contributed by atoms with van der Waals surface area (Å²) in [4.78, 5) is 4.87. The topological polar surface area (TPSA) is 40.8 Å². The van der Waals surface area contributed by atoms with E-state index in [-0.39, 0.29) is 0 Å². The van der Waals surface area contributed by atoms with Gasteiger partial charge in [0, 0.05) is 51.4 Å². The van der Waals surface area contributed by atoms with Gasteiger partial charge in [-0.25, -0.2) is 0 Å². The molecule has 57 heavy (non-hydrogen) atoms. The fourth-order valence-electron chi connectivity index (χ4n) is 9.30. The second kappa shape index (κ2) is 12.6. The van der Waals surface area contributed by atoms with Gasteiger partial charge in [-0.1, -0.05) is 84.9 Å². The second-order valence-electron chi connectivity index (χ2n) is 15.1. The van der Waals surface area contributed by atoms with E-state index in [2.05, 4.69) is 184 Å². The summed E-state index contributed by atoms with van der Waals surface area (Å²) in [6, 6.07) is 63.3. The number of fused-ring (bicyclic) bond motifs is 9. The van der Waals surface area contributed by atoms with Crippen LogP contribution in [0.3, 0.4) is 0 Å². The highest BCUT2D eigenvalue weighted by molar-refractivity contribution is 6.11. The number of rotatable bonds is 5. The third-order valence-corrected chi connectivity index (χ3v) is 11.9. The Balaban J connectivity index is 1.03. The van der Waals surface area contributed by atoms with Crippen molar-refractivity contribution >= 4 is 43.7 Å². The summed E-state index contributed by atoms with van der Waals surface area (Å²) >= 11 is 0. The lowest BCUT2D eigenvalue weighted by Gasteiger charge is -2.16. The van der Waals surface area contributed by atoms with Gasteiger partial charge >= 0.3 is 0 Å². The third kappa shape index (κ3) is 4.99. The molecule has 12 rings (SSSR count). The molecule has 0 saturated carbocycles.